The van der Waals surface area contributed by atoms with Gasteiger partial charge in [0.15, 0.2) is 5.11 Å². The molecule has 7 heteroatoms. The summed E-state index contributed by atoms with van der Waals surface area (Å²) in [5.41, 5.74) is 3.77. The molecule has 1 aromatic heterocycles. The van der Waals surface area contributed by atoms with Gasteiger partial charge in [0.1, 0.15) is 0 Å². The second-order valence-corrected chi connectivity index (χ2v) is 7.45. The van der Waals surface area contributed by atoms with Crippen LogP contribution >= 0.6 is 12.2 Å². The van der Waals surface area contributed by atoms with Gasteiger partial charge in [0.25, 0.3) is 5.56 Å². The van der Waals surface area contributed by atoms with Crippen LogP contribution in [-0.4, -0.2) is 67.3 Å². The van der Waals surface area contributed by atoms with Crippen LogP contribution in [0, 0.1) is 13.8 Å². The number of aromatic nitrogens is 1. The Hall–Kier alpha value is -1.96. The molecule has 0 amide bonds. The van der Waals surface area contributed by atoms with Gasteiger partial charge in [-0.05, 0) is 57.4 Å². The summed E-state index contributed by atoms with van der Waals surface area (Å²) in [6, 6.07) is 6.11. The average Bonchev–Trinajstić information content (AvgIpc) is 2.62. The highest BCUT2D eigenvalue weighted by atomic mass is 32.1. The predicted octanol–water partition coefficient (Wildman–Crippen LogP) is 2.03. The Balaban J connectivity index is 2.29. The first-order valence-corrected chi connectivity index (χ1v) is 9.53. The normalized spacial score (nSPS) is 11.2. The minimum Gasteiger partial charge on any atom is -0.383 e. The van der Waals surface area contributed by atoms with Crippen molar-refractivity contribution in [3.63, 3.8) is 0 Å². The van der Waals surface area contributed by atoms with E-state index >= 15 is 0 Å². The first-order chi connectivity index (χ1) is 12.8. The van der Waals surface area contributed by atoms with Crippen molar-refractivity contribution in [2.45, 2.75) is 20.4 Å². The molecule has 0 atom stereocenters. The van der Waals surface area contributed by atoms with Gasteiger partial charge in [-0.25, -0.2) is 0 Å². The van der Waals surface area contributed by atoms with Crippen molar-refractivity contribution in [3.8, 4) is 0 Å². The molecule has 0 unspecified atom stereocenters. The number of thiocarbonyl (C=S) groups is 1. The number of H-pyrrole nitrogens is 1. The highest BCUT2D eigenvalue weighted by Gasteiger charge is 2.14. The van der Waals surface area contributed by atoms with E-state index in [1.165, 1.54) is 0 Å². The highest BCUT2D eigenvalue weighted by molar-refractivity contribution is 7.80. The smallest absolute Gasteiger partial charge is 0.253 e. The maximum absolute atomic E-state index is 12.7. The minimum atomic E-state index is -0.0641. The topological polar surface area (TPSA) is 60.6 Å². The fourth-order valence-corrected chi connectivity index (χ4v) is 3.14. The van der Waals surface area contributed by atoms with Crippen LogP contribution in [0.15, 0.2) is 23.0 Å². The fourth-order valence-electron chi connectivity index (χ4n) is 2.89. The van der Waals surface area contributed by atoms with Crippen LogP contribution in [-0.2, 0) is 11.3 Å². The zero-order chi connectivity index (χ0) is 20.0. The predicted molar refractivity (Wildman–Crippen MR) is 115 cm³/mol. The molecule has 2 N–H and O–H groups in total. The van der Waals surface area contributed by atoms with Gasteiger partial charge in [-0.1, -0.05) is 12.1 Å². The monoisotopic (exact) mass is 390 g/mol. The van der Waals surface area contributed by atoms with E-state index in [0.717, 1.165) is 35.1 Å². The molecule has 2 aromatic rings. The standard InChI is InChI=1S/C20H30N4O2S/c1-14-6-7-15(2)18-17(14)12-16(19(25)22-18)13-24(10-9-23(3)4)20(27)21-8-11-26-5/h6-7,12H,8-11,13H2,1-5H3,(H,21,27)(H,22,25). The van der Waals surface area contributed by atoms with Gasteiger partial charge in [-0.2, -0.15) is 0 Å². The van der Waals surface area contributed by atoms with E-state index in [9.17, 15) is 4.79 Å². The van der Waals surface area contributed by atoms with E-state index in [0.29, 0.717) is 30.4 Å². The van der Waals surface area contributed by atoms with Crippen LogP contribution in [0.25, 0.3) is 10.9 Å². The molecule has 0 aliphatic carbocycles. The van der Waals surface area contributed by atoms with Crippen LogP contribution in [0.1, 0.15) is 16.7 Å². The minimum absolute atomic E-state index is 0.0641. The summed E-state index contributed by atoms with van der Waals surface area (Å²) >= 11 is 5.55. The Morgan fingerprint density at radius 2 is 1.93 bits per heavy atom. The zero-order valence-corrected chi connectivity index (χ0v) is 17.7. The van der Waals surface area contributed by atoms with Gasteiger partial charge in [-0.3, -0.25) is 4.79 Å². The average molecular weight is 391 g/mol. The van der Waals surface area contributed by atoms with Crippen molar-refractivity contribution in [3.05, 3.63) is 45.2 Å². The van der Waals surface area contributed by atoms with Gasteiger partial charge in [0.2, 0.25) is 0 Å². The van der Waals surface area contributed by atoms with E-state index in [2.05, 4.69) is 28.2 Å². The summed E-state index contributed by atoms with van der Waals surface area (Å²) < 4.78 is 5.08. The molecular formula is C20H30N4O2S. The van der Waals surface area contributed by atoms with E-state index in [4.69, 9.17) is 17.0 Å². The number of aryl methyl sites for hydroxylation is 2. The molecule has 6 nitrogen and oxygen atoms in total. The SMILES string of the molecule is COCCNC(=S)N(CCN(C)C)Cc1cc2c(C)ccc(C)c2[nH]c1=O. The maximum Gasteiger partial charge on any atom is 0.253 e. The summed E-state index contributed by atoms with van der Waals surface area (Å²) in [5, 5.41) is 4.92. The Bertz CT molecular complexity index is 848. The lowest BCUT2D eigenvalue weighted by Gasteiger charge is -2.27. The number of likely N-dealkylation sites (N-methyl/N-ethyl adjacent to an activating group) is 1. The molecule has 0 aliphatic rings. The number of hydrogen-bond donors (Lipinski definition) is 2. The number of nitrogens with one attached hydrogen (secondary N) is 2. The number of fused-ring (bicyclic) bond motifs is 1. The molecule has 0 fully saturated rings. The summed E-state index contributed by atoms with van der Waals surface area (Å²) in [6.45, 7) is 7.33. The van der Waals surface area contributed by atoms with Crippen molar-refractivity contribution >= 4 is 28.2 Å². The number of methoxy groups -OCH3 is 1. The van der Waals surface area contributed by atoms with Gasteiger partial charge >= 0.3 is 0 Å². The number of pyridine rings is 1. The number of nitrogens with zero attached hydrogens (tertiary/aromatic N) is 2. The Kier molecular flexibility index (Phi) is 7.77. The molecule has 1 aromatic carbocycles. The first kappa shape index (κ1) is 21.3. The summed E-state index contributed by atoms with van der Waals surface area (Å²) in [5.74, 6) is 0. The van der Waals surface area contributed by atoms with Gasteiger partial charge < -0.3 is 24.8 Å². The molecular weight excluding hydrogens is 360 g/mol. The van der Waals surface area contributed by atoms with E-state index < -0.39 is 0 Å². The third-order valence-electron chi connectivity index (χ3n) is 4.57. The number of hydrogen-bond acceptors (Lipinski definition) is 4. The lowest BCUT2D eigenvalue weighted by molar-refractivity contribution is 0.202. The maximum atomic E-state index is 12.7. The quantitative estimate of drug-likeness (QED) is 0.531. The lowest BCUT2D eigenvalue weighted by Crippen LogP contribution is -2.44. The highest BCUT2D eigenvalue weighted by Crippen LogP contribution is 2.20. The van der Waals surface area contributed by atoms with Gasteiger partial charge in [0.05, 0.1) is 18.7 Å². The van der Waals surface area contributed by atoms with Gasteiger partial charge in [-0.15, -0.1) is 0 Å². The Morgan fingerprint density at radius 1 is 1.22 bits per heavy atom. The molecule has 0 bridgehead atoms. The second-order valence-electron chi connectivity index (χ2n) is 7.06. The number of aromatic amines is 1. The zero-order valence-electron chi connectivity index (χ0n) is 16.9. The molecule has 2 rings (SSSR count). The van der Waals surface area contributed by atoms with Crippen molar-refractivity contribution in [2.75, 3.05) is 47.4 Å². The largest absolute Gasteiger partial charge is 0.383 e. The molecule has 27 heavy (non-hydrogen) atoms. The van der Waals surface area contributed by atoms with Gasteiger partial charge in [0, 0.05) is 37.7 Å². The number of benzene rings is 1. The third-order valence-corrected chi connectivity index (χ3v) is 4.97. The van der Waals surface area contributed by atoms with Crippen molar-refractivity contribution in [2.24, 2.45) is 0 Å². The Morgan fingerprint density at radius 3 is 2.59 bits per heavy atom. The third kappa shape index (κ3) is 5.76. The molecule has 0 radical (unpaired) electrons. The fraction of sp³-hybridized carbons (Fsp3) is 0.500. The van der Waals surface area contributed by atoms with Crippen LogP contribution in [0.2, 0.25) is 0 Å². The molecule has 0 saturated carbocycles. The first-order valence-electron chi connectivity index (χ1n) is 9.12. The van der Waals surface area contributed by atoms with Crippen LogP contribution < -0.4 is 10.9 Å². The molecule has 148 valence electrons. The molecule has 0 saturated heterocycles. The molecule has 0 spiro atoms. The van der Waals surface area contributed by atoms with Crippen LogP contribution in [0.4, 0.5) is 0 Å². The van der Waals surface area contributed by atoms with Crippen molar-refractivity contribution in [1.29, 1.82) is 0 Å². The Labute approximate surface area is 166 Å². The summed E-state index contributed by atoms with van der Waals surface area (Å²) in [6.07, 6.45) is 0. The molecule has 1 heterocycles. The molecule has 0 aliphatic heterocycles. The van der Waals surface area contributed by atoms with Crippen LogP contribution in [0.5, 0.6) is 0 Å². The second kappa shape index (κ2) is 9.82. The summed E-state index contributed by atoms with van der Waals surface area (Å²) in [7, 11) is 5.70. The number of rotatable bonds is 8. The van der Waals surface area contributed by atoms with Crippen molar-refractivity contribution in [1.82, 2.24) is 20.1 Å². The van der Waals surface area contributed by atoms with E-state index in [1.807, 2.05) is 38.1 Å². The van der Waals surface area contributed by atoms with Crippen LogP contribution in [0.3, 0.4) is 0 Å². The van der Waals surface area contributed by atoms with E-state index in [-0.39, 0.29) is 5.56 Å². The van der Waals surface area contributed by atoms with Crippen molar-refractivity contribution < 1.29 is 4.74 Å². The number of ether oxygens (including phenoxy) is 1. The van der Waals surface area contributed by atoms with E-state index in [1.54, 1.807) is 7.11 Å². The summed E-state index contributed by atoms with van der Waals surface area (Å²) in [4.78, 5) is 19.9. The lowest BCUT2D eigenvalue weighted by atomic mass is 10.0.